The molecule has 1 heterocycles. The van der Waals surface area contributed by atoms with Crippen LogP contribution in [0.2, 0.25) is 0 Å². The third kappa shape index (κ3) is 3.28. The van der Waals surface area contributed by atoms with Crippen LogP contribution in [0, 0.1) is 10.1 Å². The maximum Gasteiger partial charge on any atom is 1.00 e. The van der Waals surface area contributed by atoms with E-state index >= 15 is 0 Å². The first-order valence-corrected chi connectivity index (χ1v) is 5.05. The van der Waals surface area contributed by atoms with Crippen LogP contribution in [0.4, 0.5) is 5.69 Å². The number of halogens is 1. The fourth-order valence-corrected chi connectivity index (χ4v) is 1.52. The van der Waals surface area contributed by atoms with Crippen molar-refractivity contribution in [3.8, 4) is 0 Å². The molecule has 2 rings (SSSR count). The first-order chi connectivity index (χ1) is 8.16. The van der Waals surface area contributed by atoms with Crippen molar-refractivity contribution in [3.05, 3.63) is 58.7 Å². The number of non-ortho nitro benzene ring substituents is 1. The van der Waals surface area contributed by atoms with Crippen molar-refractivity contribution in [2.24, 2.45) is 0 Å². The predicted octanol–water partition coefficient (Wildman–Crippen LogP) is -1.36. The van der Waals surface area contributed by atoms with Gasteiger partial charge in [-0.05, 0) is 17.7 Å². The van der Waals surface area contributed by atoms with E-state index in [0.717, 1.165) is 0 Å². The lowest BCUT2D eigenvalue weighted by atomic mass is 10.1. The Morgan fingerprint density at radius 1 is 1.44 bits per heavy atom. The average molecular weight is 270 g/mol. The average Bonchev–Trinajstić information content (AvgIpc) is 2.82. The predicted molar refractivity (Wildman–Crippen MR) is 61.4 cm³/mol. The Kier molecular flexibility index (Phi) is 4.82. The van der Waals surface area contributed by atoms with Crippen LogP contribution in [0.5, 0.6) is 0 Å². The summed E-state index contributed by atoms with van der Waals surface area (Å²) in [7, 11) is 0. The molecule has 0 fully saturated rings. The van der Waals surface area contributed by atoms with E-state index < -0.39 is 11.0 Å². The molecular formula is C11H12ClN3O3. The minimum absolute atomic E-state index is 0. The van der Waals surface area contributed by atoms with Gasteiger partial charge >= 0.3 is 1.43 Å². The van der Waals surface area contributed by atoms with Gasteiger partial charge in [-0.2, -0.15) is 0 Å². The standard InChI is InChI=1S/C11H11N3O3.ClH/c15-11(7-13-6-5-12-8-13)9-1-3-10(4-2-9)14(16)17;/h1-6,8,11,15H,7H2;1H. The molecule has 0 saturated carbocycles. The molecule has 1 N–H and O–H groups in total. The van der Waals surface area contributed by atoms with Crippen LogP contribution in [0.1, 0.15) is 13.1 Å². The topological polar surface area (TPSA) is 81.2 Å². The summed E-state index contributed by atoms with van der Waals surface area (Å²) < 4.78 is 1.74. The molecule has 96 valence electrons. The van der Waals surface area contributed by atoms with Gasteiger partial charge in [0, 0.05) is 24.5 Å². The summed E-state index contributed by atoms with van der Waals surface area (Å²) in [5.74, 6) is 0. The molecule has 18 heavy (non-hydrogen) atoms. The summed E-state index contributed by atoms with van der Waals surface area (Å²) in [6.45, 7) is 0.373. The Labute approximate surface area is 111 Å². The number of imidazole rings is 1. The quantitative estimate of drug-likeness (QED) is 0.549. The Bertz CT molecular complexity index is 504. The minimum Gasteiger partial charge on any atom is -1.00 e. The smallest absolute Gasteiger partial charge is 1.00 e. The van der Waals surface area contributed by atoms with E-state index in [2.05, 4.69) is 4.98 Å². The Hall–Kier alpha value is -1.92. The molecule has 0 aliphatic heterocycles. The monoisotopic (exact) mass is 269 g/mol. The number of aromatic nitrogens is 2. The van der Waals surface area contributed by atoms with Crippen LogP contribution in [0.15, 0.2) is 43.0 Å². The van der Waals surface area contributed by atoms with Crippen LogP contribution < -0.4 is 12.4 Å². The number of hydrogen-bond donors (Lipinski definition) is 1. The van der Waals surface area contributed by atoms with Gasteiger partial charge in [0.25, 0.3) is 5.69 Å². The molecule has 1 unspecified atom stereocenters. The Morgan fingerprint density at radius 3 is 2.61 bits per heavy atom. The van der Waals surface area contributed by atoms with Gasteiger partial charge in [-0.1, -0.05) is 0 Å². The third-order valence-electron chi connectivity index (χ3n) is 2.43. The number of benzene rings is 1. The van der Waals surface area contributed by atoms with Crippen molar-refractivity contribution in [1.29, 1.82) is 0 Å². The van der Waals surface area contributed by atoms with Gasteiger partial charge in [-0.25, -0.2) is 4.98 Å². The molecule has 0 bridgehead atoms. The van der Waals surface area contributed by atoms with Crippen LogP contribution >= 0.6 is 0 Å². The van der Waals surface area contributed by atoms with Crippen LogP contribution in [0.3, 0.4) is 0 Å². The van der Waals surface area contributed by atoms with Gasteiger partial charge in [0.15, 0.2) is 0 Å². The van der Waals surface area contributed by atoms with Crippen molar-refractivity contribution < 1.29 is 23.9 Å². The molecule has 0 aliphatic rings. The van der Waals surface area contributed by atoms with E-state index in [-0.39, 0.29) is 19.5 Å². The second-order valence-corrected chi connectivity index (χ2v) is 3.62. The van der Waals surface area contributed by atoms with Gasteiger partial charge in [-0.3, -0.25) is 10.1 Å². The van der Waals surface area contributed by atoms with E-state index in [1.165, 1.54) is 12.1 Å². The van der Waals surface area contributed by atoms with Crippen molar-refractivity contribution >= 4 is 5.69 Å². The number of hydrogen-bond acceptors (Lipinski definition) is 4. The molecule has 1 aromatic carbocycles. The molecule has 1 atom stereocenters. The van der Waals surface area contributed by atoms with Gasteiger partial charge in [0.2, 0.25) is 0 Å². The molecule has 6 nitrogen and oxygen atoms in total. The molecule has 0 aliphatic carbocycles. The second-order valence-electron chi connectivity index (χ2n) is 3.62. The highest BCUT2D eigenvalue weighted by Crippen LogP contribution is 2.18. The van der Waals surface area contributed by atoms with Crippen LogP contribution in [-0.4, -0.2) is 19.6 Å². The summed E-state index contributed by atoms with van der Waals surface area (Å²) >= 11 is 0. The first kappa shape index (κ1) is 14.1. The SMILES string of the molecule is O=[N+]([O-])c1ccc(C(O)Cn2ccnc2)cc1.[Cl-].[H+]. The Morgan fingerprint density at radius 2 is 2.11 bits per heavy atom. The van der Waals surface area contributed by atoms with E-state index in [1.54, 1.807) is 35.4 Å². The van der Waals surface area contributed by atoms with Crippen molar-refractivity contribution in [1.82, 2.24) is 9.55 Å². The first-order valence-electron chi connectivity index (χ1n) is 5.05. The largest absolute Gasteiger partial charge is 1.00 e. The molecule has 0 saturated heterocycles. The molecule has 1 aromatic heterocycles. The van der Waals surface area contributed by atoms with E-state index in [0.29, 0.717) is 12.1 Å². The number of nitro benzene ring substituents is 1. The molecular weight excluding hydrogens is 258 g/mol. The fraction of sp³-hybridized carbons (Fsp3) is 0.182. The molecule has 7 heteroatoms. The number of aliphatic hydroxyl groups excluding tert-OH is 1. The highest BCUT2D eigenvalue weighted by atomic mass is 35.5. The zero-order valence-electron chi connectivity index (χ0n) is 10.3. The van der Waals surface area contributed by atoms with Crippen LogP contribution in [0.25, 0.3) is 0 Å². The maximum atomic E-state index is 10.5. The molecule has 0 amide bonds. The van der Waals surface area contributed by atoms with Gasteiger partial charge in [0.1, 0.15) is 0 Å². The van der Waals surface area contributed by atoms with Crippen LogP contribution in [-0.2, 0) is 6.54 Å². The number of rotatable bonds is 4. The van der Waals surface area contributed by atoms with Crippen molar-refractivity contribution in [2.45, 2.75) is 12.6 Å². The molecule has 0 radical (unpaired) electrons. The summed E-state index contributed by atoms with van der Waals surface area (Å²) in [5, 5.41) is 20.4. The lowest BCUT2D eigenvalue weighted by Crippen LogP contribution is -3.00. The zero-order chi connectivity index (χ0) is 12.3. The van der Waals surface area contributed by atoms with Crippen molar-refractivity contribution in [2.75, 3.05) is 0 Å². The normalized spacial score (nSPS) is 11.6. The summed E-state index contributed by atoms with van der Waals surface area (Å²) in [6, 6.07) is 5.87. The second kappa shape index (κ2) is 6.13. The van der Waals surface area contributed by atoms with Gasteiger partial charge in [0.05, 0.1) is 23.9 Å². The zero-order valence-corrected chi connectivity index (χ0v) is 10.1. The highest BCUT2D eigenvalue weighted by Gasteiger charge is 2.10. The summed E-state index contributed by atoms with van der Waals surface area (Å²) in [4.78, 5) is 13.9. The fourth-order valence-electron chi connectivity index (χ4n) is 1.52. The summed E-state index contributed by atoms with van der Waals surface area (Å²) in [5.41, 5.74) is 0.660. The molecule has 0 spiro atoms. The van der Waals surface area contributed by atoms with Gasteiger partial charge < -0.3 is 22.1 Å². The molecule has 2 aromatic rings. The number of nitro groups is 1. The lowest BCUT2D eigenvalue weighted by molar-refractivity contribution is -0.384. The van der Waals surface area contributed by atoms with E-state index in [4.69, 9.17) is 0 Å². The number of aliphatic hydroxyl groups is 1. The van der Waals surface area contributed by atoms with Crippen molar-refractivity contribution in [3.63, 3.8) is 0 Å². The maximum absolute atomic E-state index is 10.5. The highest BCUT2D eigenvalue weighted by molar-refractivity contribution is 5.33. The van der Waals surface area contributed by atoms with E-state index in [9.17, 15) is 15.2 Å². The number of nitrogens with zero attached hydrogens (tertiary/aromatic N) is 3. The lowest BCUT2D eigenvalue weighted by Gasteiger charge is -2.11. The minimum atomic E-state index is -0.704. The third-order valence-corrected chi connectivity index (χ3v) is 2.43. The Balaban J connectivity index is 0.00000162. The van der Waals surface area contributed by atoms with Gasteiger partial charge in [-0.15, -0.1) is 0 Å². The van der Waals surface area contributed by atoms with E-state index in [1.807, 2.05) is 0 Å². The summed E-state index contributed by atoms with van der Waals surface area (Å²) in [6.07, 6.45) is 4.27.